The van der Waals surface area contributed by atoms with Crippen LogP contribution in [0.1, 0.15) is 19.4 Å². The Labute approximate surface area is 158 Å². The number of allylic oxidation sites excluding steroid dienone is 6. The van der Waals surface area contributed by atoms with E-state index in [1.165, 1.54) is 23.0 Å². The maximum atomic E-state index is 12.2. The van der Waals surface area contributed by atoms with Crippen molar-refractivity contribution in [3.63, 3.8) is 0 Å². The Hall–Kier alpha value is -2.11. The first-order chi connectivity index (χ1) is 12.2. The summed E-state index contributed by atoms with van der Waals surface area (Å²) >= 11 is 6.58. The Morgan fingerprint density at radius 2 is 1.88 bits per heavy atom. The van der Waals surface area contributed by atoms with E-state index < -0.39 is 0 Å². The third kappa shape index (κ3) is 3.62. The van der Waals surface area contributed by atoms with Gasteiger partial charge in [-0.1, -0.05) is 60.4 Å². The van der Waals surface area contributed by atoms with Gasteiger partial charge in [0.15, 0.2) is 0 Å². The highest BCUT2D eigenvalue weighted by Crippen LogP contribution is 2.33. The zero-order valence-electron chi connectivity index (χ0n) is 14.3. The molecule has 0 aliphatic carbocycles. The van der Waals surface area contributed by atoms with Gasteiger partial charge in [0, 0.05) is 30.5 Å². The minimum absolute atomic E-state index is 0.00343. The van der Waals surface area contributed by atoms with E-state index in [0.717, 1.165) is 12.1 Å². The van der Waals surface area contributed by atoms with E-state index in [1.54, 1.807) is 4.90 Å². The molecule has 1 amide bonds. The fraction of sp³-hybridized carbons (Fsp3) is 0.200. The summed E-state index contributed by atoms with van der Waals surface area (Å²) in [6.45, 7) is 5.63. The first kappa shape index (κ1) is 17.7. The Bertz CT molecular complexity index is 821. The number of hydrogen-bond donors (Lipinski definition) is 0. The molecule has 1 aromatic carbocycles. The Morgan fingerprint density at radius 3 is 2.60 bits per heavy atom. The summed E-state index contributed by atoms with van der Waals surface area (Å²) < 4.78 is 0.634. The lowest BCUT2D eigenvalue weighted by molar-refractivity contribution is -0.122. The maximum absolute atomic E-state index is 12.2. The molecule has 0 radical (unpaired) electrons. The van der Waals surface area contributed by atoms with Gasteiger partial charge in [-0.2, -0.15) is 0 Å². The molecule has 1 fully saturated rings. The Morgan fingerprint density at radius 1 is 1.12 bits per heavy atom. The minimum Gasteiger partial charge on any atom is -0.348 e. The van der Waals surface area contributed by atoms with Crippen molar-refractivity contribution in [1.82, 2.24) is 4.90 Å². The van der Waals surface area contributed by atoms with Crippen LogP contribution >= 0.6 is 24.0 Å². The van der Waals surface area contributed by atoms with Crippen molar-refractivity contribution in [3.05, 3.63) is 71.3 Å². The number of rotatable bonds is 4. The van der Waals surface area contributed by atoms with Crippen molar-refractivity contribution in [2.24, 2.45) is 0 Å². The molecule has 3 rings (SSSR count). The largest absolute Gasteiger partial charge is 0.348 e. The van der Waals surface area contributed by atoms with Crippen LogP contribution in [0.3, 0.4) is 0 Å². The molecular formula is C20H20N2OS2. The normalized spacial score (nSPS) is 20.4. The number of carbonyl (C=O) groups is 1. The molecular weight excluding hydrogens is 348 g/mol. The van der Waals surface area contributed by atoms with Gasteiger partial charge < -0.3 is 4.90 Å². The molecule has 0 bridgehead atoms. The fourth-order valence-electron chi connectivity index (χ4n) is 2.82. The van der Waals surface area contributed by atoms with Crippen LogP contribution in [0.5, 0.6) is 0 Å². The molecule has 3 nitrogen and oxygen atoms in total. The lowest BCUT2D eigenvalue weighted by Crippen LogP contribution is -2.27. The SMILES string of the molecule is CCN1C(=O)C(=CC=CC=C2C=CN(CC)c3ccccc32)SC1=S. The molecule has 2 aliphatic heterocycles. The van der Waals surface area contributed by atoms with Gasteiger partial charge in [0.1, 0.15) is 4.32 Å². The van der Waals surface area contributed by atoms with Crippen LogP contribution in [0.25, 0.3) is 5.57 Å². The summed E-state index contributed by atoms with van der Waals surface area (Å²) in [5.41, 5.74) is 3.59. The first-order valence-electron chi connectivity index (χ1n) is 8.32. The lowest BCUT2D eigenvalue weighted by Gasteiger charge is -2.26. The number of fused-ring (bicyclic) bond motifs is 1. The number of carbonyl (C=O) groups excluding carboxylic acids is 1. The summed E-state index contributed by atoms with van der Waals surface area (Å²) in [6.07, 6.45) is 12.0. The van der Waals surface area contributed by atoms with Crippen molar-refractivity contribution in [1.29, 1.82) is 0 Å². The number of para-hydroxylation sites is 1. The molecule has 0 spiro atoms. The van der Waals surface area contributed by atoms with Gasteiger partial charge in [0.05, 0.1) is 4.91 Å². The van der Waals surface area contributed by atoms with Crippen LogP contribution in [-0.4, -0.2) is 28.2 Å². The highest BCUT2D eigenvalue weighted by atomic mass is 32.2. The number of benzene rings is 1. The monoisotopic (exact) mass is 368 g/mol. The third-order valence-electron chi connectivity index (χ3n) is 4.12. The summed E-state index contributed by atoms with van der Waals surface area (Å²) in [4.78, 5) is 16.7. The zero-order chi connectivity index (χ0) is 17.8. The van der Waals surface area contributed by atoms with Crippen LogP contribution in [0.4, 0.5) is 5.69 Å². The van der Waals surface area contributed by atoms with Crippen molar-refractivity contribution in [2.45, 2.75) is 13.8 Å². The number of hydrogen-bond acceptors (Lipinski definition) is 4. The first-order valence-corrected chi connectivity index (χ1v) is 9.54. The van der Waals surface area contributed by atoms with E-state index in [4.69, 9.17) is 12.2 Å². The number of anilines is 1. The summed E-state index contributed by atoms with van der Waals surface area (Å²) in [7, 11) is 0. The van der Waals surface area contributed by atoms with Gasteiger partial charge in [0.25, 0.3) is 5.91 Å². The predicted octanol–water partition coefficient (Wildman–Crippen LogP) is 4.74. The maximum Gasteiger partial charge on any atom is 0.266 e. The average Bonchev–Trinajstić information content (AvgIpc) is 2.91. The van der Waals surface area contributed by atoms with Gasteiger partial charge in [0.2, 0.25) is 0 Å². The Balaban J connectivity index is 1.79. The molecule has 0 saturated carbocycles. The average molecular weight is 369 g/mol. The van der Waals surface area contributed by atoms with Crippen LogP contribution < -0.4 is 4.90 Å². The van der Waals surface area contributed by atoms with E-state index >= 15 is 0 Å². The molecule has 1 aromatic rings. The van der Waals surface area contributed by atoms with Crippen LogP contribution in [-0.2, 0) is 4.79 Å². The predicted molar refractivity (Wildman–Crippen MR) is 111 cm³/mol. The summed E-state index contributed by atoms with van der Waals surface area (Å²) in [6, 6.07) is 8.38. The molecule has 1 saturated heterocycles. The zero-order valence-corrected chi connectivity index (χ0v) is 15.9. The molecule has 2 heterocycles. The number of amides is 1. The Kier molecular flexibility index (Phi) is 5.56. The second kappa shape index (κ2) is 7.85. The van der Waals surface area contributed by atoms with Gasteiger partial charge in [-0.15, -0.1) is 0 Å². The molecule has 128 valence electrons. The smallest absolute Gasteiger partial charge is 0.266 e. The summed E-state index contributed by atoms with van der Waals surface area (Å²) in [5, 5.41) is 0. The van der Waals surface area contributed by atoms with E-state index in [9.17, 15) is 4.79 Å². The van der Waals surface area contributed by atoms with Crippen molar-refractivity contribution in [2.75, 3.05) is 18.0 Å². The number of thioether (sulfide) groups is 1. The van der Waals surface area contributed by atoms with Gasteiger partial charge in [-0.3, -0.25) is 9.69 Å². The third-order valence-corrected chi connectivity index (χ3v) is 5.52. The van der Waals surface area contributed by atoms with Crippen LogP contribution in [0.15, 0.2) is 65.8 Å². The molecule has 5 heteroatoms. The van der Waals surface area contributed by atoms with Crippen molar-refractivity contribution >= 4 is 45.5 Å². The highest BCUT2D eigenvalue weighted by Gasteiger charge is 2.29. The molecule has 0 unspecified atom stereocenters. The highest BCUT2D eigenvalue weighted by molar-refractivity contribution is 8.26. The number of likely N-dealkylation sites (N-methyl/N-ethyl adjacent to an activating group) is 1. The van der Waals surface area contributed by atoms with Crippen LogP contribution in [0.2, 0.25) is 0 Å². The number of nitrogens with zero attached hydrogens (tertiary/aromatic N) is 2. The van der Waals surface area contributed by atoms with Crippen LogP contribution in [0, 0.1) is 0 Å². The van der Waals surface area contributed by atoms with E-state index in [2.05, 4.69) is 54.4 Å². The quantitative estimate of drug-likeness (QED) is 0.565. The molecule has 25 heavy (non-hydrogen) atoms. The van der Waals surface area contributed by atoms with E-state index in [1.807, 2.05) is 25.2 Å². The van der Waals surface area contributed by atoms with Gasteiger partial charge in [-0.05, 0) is 37.6 Å². The lowest BCUT2D eigenvalue weighted by atomic mass is 9.99. The summed E-state index contributed by atoms with van der Waals surface area (Å²) in [5.74, 6) is -0.00343. The van der Waals surface area contributed by atoms with Gasteiger partial charge >= 0.3 is 0 Å². The van der Waals surface area contributed by atoms with E-state index in [-0.39, 0.29) is 5.91 Å². The number of thiocarbonyl (C=S) groups is 1. The topological polar surface area (TPSA) is 23.6 Å². The molecule has 0 aromatic heterocycles. The second-order valence-corrected chi connectivity index (χ2v) is 7.25. The van der Waals surface area contributed by atoms with Crippen molar-refractivity contribution < 1.29 is 4.79 Å². The minimum atomic E-state index is -0.00343. The fourth-order valence-corrected chi connectivity index (χ4v) is 4.15. The molecule has 2 aliphatic rings. The standard InChI is InChI=1S/C20H20N2OS2/c1-3-21-14-13-15(16-10-6-7-11-17(16)21)9-5-8-12-18-19(23)22(4-2)20(24)25-18/h5-14H,3-4H2,1-2H3. The van der Waals surface area contributed by atoms with Crippen molar-refractivity contribution in [3.8, 4) is 0 Å². The molecule has 0 N–H and O–H groups in total. The second-order valence-electron chi connectivity index (χ2n) is 5.57. The van der Waals surface area contributed by atoms with E-state index in [0.29, 0.717) is 15.8 Å². The van der Waals surface area contributed by atoms with Gasteiger partial charge in [-0.25, -0.2) is 0 Å². The molecule has 0 atom stereocenters.